The summed E-state index contributed by atoms with van der Waals surface area (Å²) < 4.78 is 17.3. The Morgan fingerprint density at radius 1 is 1.27 bits per heavy atom. The van der Waals surface area contributed by atoms with E-state index >= 15 is 0 Å². The summed E-state index contributed by atoms with van der Waals surface area (Å²) in [6, 6.07) is 7.87. The molecule has 2 aliphatic rings. The van der Waals surface area contributed by atoms with Crippen molar-refractivity contribution in [3.63, 3.8) is 0 Å². The highest BCUT2D eigenvalue weighted by atomic mass is 16.5. The molecule has 2 fully saturated rings. The predicted octanol–water partition coefficient (Wildman–Crippen LogP) is 2.55. The van der Waals surface area contributed by atoms with Gasteiger partial charge in [-0.15, -0.1) is 0 Å². The van der Waals surface area contributed by atoms with Gasteiger partial charge in [0.1, 0.15) is 5.75 Å². The molecule has 1 spiro atoms. The van der Waals surface area contributed by atoms with E-state index in [9.17, 15) is 0 Å². The highest BCUT2D eigenvalue weighted by Crippen LogP contribution is 2.42. The van der Waals surface area contributed by atoms with E-state index in [1.807, 2.05) is 18.2 Å². The van der Waals surface area contributed by atoms with Crippen LogP contribution in [-0.2, 0) is 11.3 Å². The molecule has 2 saturated heterocycles. The summed E-state index contributed by atoms with van der Waals surface area (Å²) in [6.07, 6.45) is 7.40. The Balaban J connectivity index is 1.29. The standard InChI is InChI=1S/C20H25N3O3/c1-24-19-16(4-2-9-22-19)13-23-14-20(15-23)17(7-11-26-20)6-10-25-18-5-3-8-21-12-18/h2-5,8-9,12,17H,6-7,10-11,13-15H2,1H3/t17-/m1/s1. The second-order valence-electron chi connectivity index (χ2n) is 7.04. The Morgan fingerprint density at radius 2 is 2.15 bits per heavy atom. The summed E-state index contributed by atoms with van der Waals surface area (Å²) in [7, 11) is 1.67. The maximum atomic E-state index is 6.16. The van der Waals surface area contributed by atoms with Crippen LogP contribution in [0.25, 0.3) is 0 Å². The molecule has 4 rings (SSSR count). The van der Waals surface area contributed by atoms with Crippen LogP contribution >= 0.6 is 0 Å². The van der Waals surface area contributed by atoms with Crippen LogP contribution in [0, 0.1) is 5.92 Å². The van der Waals surface area contributed by atoms with Gasteiger partial charge in [0, 0.05) is 44.2 Å². The molecule has 0 aromatic carbocycles. The molecule has 6 heteroatoms. The molecular weight excluding hydrogens is 330 g/mol. The Morgan fingerprint density at radius 3 is 2.96 bits per heavy atom. The number of hydrogen-bond donors (Lipinski definition) is 0. The molecule has 2 aromatic heterocycles. The zero-order chi connectivity index (χ0) is 17.8. The summed E-state index contributed by atoms with van der Waals surface area (Å²) in [5.74, 6) is 2.09. The van der Waals surface area contributed by atoms with Crippen LogP contribution in [0.3, 0.4) is 0 Å². The van der Waals surface area contributed by atoms with Crippen molar-refractivity contribution in [2.24, 2.45) is 5.92 Å². The van der Waals surface area contributed by atoms with Crippen LogP contribution in [0.15, 0.2) is 42.9 Å². The second kappa shape index (κ2) is 7.60. The minimum absolute atomic E-state index is 0.00621. The minimum atomic E-state index is -0.00621. The van der Waals surface area contributed by atoms with Gasteiger partial charge < -0.3 is 14.2 Å². The average Bonchev–Trinajstić information content (AvgIpc) is 3.07. The van der Waals surface area contributed by atoms with Gasteiger partial charge in [0.25, 0.3) is 0 Å². The first kappa shape index (κ1) is 17.2. The molecule has 0 radical (unpaired) electrons. The number of nitrogens with zero attached hydrogens (tertiary/aromatic N) is 3. The van der Waals surface area contributed by atoms with Crippen molar-refractivity contribution in [3.8, 4) is 11.6 Å². The topological polar surface area (TPSA) is 56.7 Å². The Hall–Kier alpha value is -2.18. The lowest BCUT2D eigenvalue weighted by Gasteiger charge is -2.50. The van der Waals surface area contributed by atoms with E-state index < -0.39 is 0 Å². The lowest BCUT2D eigenvalue weighted by molar-refractivity contribution is -0.138. The van der Waals surface area contributed by atoms with Gasteiger partial charge in [-0.25, -0.2) is 4.98 Å². The van der Waals surface area contributed by atoms with Crippen LogP contribution in [0.2, 0.25) is 0 Å². The van der Waals surface area contributed by atoms with Crippen molar-refractivity contribution < 1.29 is 14.2 Å². The van der Waals surface area contributed by atoms with Gasteiger partial charge in [0.05, 0.1) is 25.5 Å². The predicted molar refractivity (Wildman–Crippen MR) is 97.2 cm³/mol. The molecule has 6 nitrogen and oxygen atoms in total. The van der Waals surface area contributed by atoms with Gasteiger partial charge in [0.15, 0.2) is 0 Å². The molecule has 2 aliphatic heterocycles. The van der Waals surface area contributed by atoms with Gasteiger partial charge in [-0.2, -0.15) is 0 Å². The lowest BCUT2D eigenvalue weighted by Crippen LogP contribution is -2.64. The monoisotopic (exact) mass is 355 g/mol. The van der Waals surface area contributed by atoms with E-state index in [1.165, 1.54) is 0 Å². The SMILES string of the molecule is COc1ncccc1CN1CC2(C1)OCC[C@H]2CCOc1cccnc1. The molecule has 0 aliphatic carbocycles. The number of likely N-dealkylation sites (tertiary alicyclic amines) is 1. The van der Waals surface area contributed by atoms with Crippen molar-refractivity contribution in [1.82, 2.24) is 14.9 Å². The lowest BCUT2D eigenvalue weighted by atomic mass is 9.79. The molecule has 0 saturated carbocycles. The Labute approximate surface area is 154 Å². The molecule has 4 heterocycles. The maximum absolute atomic E-state index is 6.16. The highest BCUT2D eigenvalue weighted by molar-refractivity contribution is 5.26. The molecule has 0 amide bonds. The third-order valence-electron chi connectivity index (χ3n) is 5.39. The van der Waals surface area contributed by atoms with Gasteiger partial charge in [0.2, 0.25) is 5.88 Å². The molecule has 0 unspecified atom stereocenters. The van der Waals surface area contributed by atoms with Crippen molar-refractivity contribution in [2.45, 2.75) is 25.0 Å². The average molecular weight is 355 g/mol. The summed E-state index contributed by atoms with van der Waals surface area (Å²) in [5, 5.41) is 0. The van der Waals surface area contributed by atoms with Gasteiger partial charge >= 0.3 is 0 Å². The molecule has 26 heavy (non-hydrogen) atoms. The van der Waals surface area contributed by atoms with Crippen molar-refractivity contribution in [2.75, 3.05) is 33.4 Å². The Bertz CT molecular complexity index is 719. The summed E-state index contributed by atoms with van der Waals surface area (Å²) in [6.45, 7) is 4.33. The first-order valence-electron chi connectivity index (χ1n) is 9.16. The van der Waals surface area contributed by atoms with Gasteiger partial charge in [-0.3, -0.25) is 9.88 Å². The molecule has 0 N–H and O–H groups in total. The summed E-state index contributed by atoms with van der Waals surface area (Å²) in [4.78, 5) is 10.8. The van der Waals surface area contributed by atoms with Crippen molar-refractivity contribution in [3.05, 3.63) is 48.4 Å². The molecule has 2 aromatic rings. The smallest absolute Gasteiger partial charge is 0.217 e. The summed E-state index contributed by atoms with van der Waals surface area (Å²) in [5.41, 5.74) is 1.12. The van der Waals surface area contributed by atoms with E-state index in [2.05, 4.69) is 20.9 Å². The minimum Gasteiger partial charge on any atom is -0.492 e. The summed E-state index contributed by atoms with van der Waals surface area (Å²) >= 11 is 0. The third kappa shape index (κ3) is 3.52. The highest BCUT2D eigenvalue weighted by Gasteiger charge is 2.52. The molecule has 1 atom stereocenters. The van der Waals surface area contributed by atoms with E-state index in [0.29, 0.717) is 18.4 Å². The van der Waals surface area contributed by atoms with E-state index in [0.717, 1.165) is 50.4 Å². The largest absolute Gasteiger partial charge is 0.492 e. The van der Waals surface area contributed by atoms with Crippen LogP contribution < -0.4 is 9.47 Å². The second-order valence-corrected chi connectivity index (χ2v) is 7.04. The number of hydrogen-bond acceptors (Lipinski definition) is 6. The number of ether oxygens (including phenoxy) is 3. The third-order valence-corrected chi connectivity index (χ3v) is 5.39. The quantitative estimate of drug-likeness (QED) is 0.761. The molecular formula is C20H25N3O3. The number of aromatic nitrogens is 2. The van der Waals surface area contributed by atoms with Crippen LogP contribution in [0.1, 0.15) is 18.4 Å². The van der Waals surface area contributed by atoms with Crippen molar-refractivity contribution >= 4 is 0 Å². The fourth-order valence-corrected chi connectivity index (χ4v) is 4.09. The van der Waals surface area contributed by atoms with Crippen LogP contribution in [0.4, 0.5) is 0 Å². The maximum Gasteiger partial charge on any atom is 0.217 e. The van der Waals surface area contributed by atoms with E-state index in [1.54, 1.807) is 25.7 Å². The number of pyridine rings is 2. The van der Waals surface area contributed by atoms with Crippen molar-refractivity contribution in [1.29, 1.82) is 0 Å². The van der Waals surface area contributed by atoms with Crippen LogP contribution in [-0.4, -0.2) is 53.9 Å². The Kier molecular flexibility index (Phi) is 5.04. The zero-order valence-corrected chi connectivity index (χ0v) is 15.1. The first-order chi connectivity index (χ1) is 12.8. The molecule has 0 bridgehead atoms. The first-order valence-corrected chi connectivity index (χ1v) is 9.16. The van der Waals surface area contributed by atoms with Crippen LogP contribution in [0.5, 0.6) is 11.6 Å². The number of methoxy groups -OCH3 is 1. The number of rotatable bonds is 7. The zero-order valence-electron chi connectivity index (χ0n) is 15.1. The van der Waals surface area contributed by atoms with Gasteiger partial charge in [-0.1, -0.05) is 6.07 Å². The fraction of sp³-hybridized carbons (Fsp3) is 0.500. The fourth-order valence-electron chi connectivity index (χ4n) is 4.09. The van der Waals surface area contributed by atoms with E-state index in [-0.39, 0.29) is 5.60 Å². The van der Waals surface area contributed by atoms with E-state index in [4.69, 9.17) is 14.2 Å². The normalized spacial score (nSPS) is 21.5. The molecule has 138 valence electrons. The van der Waals surface area contributed by atoms with Gasteiger partial charge in [-0.05, 0) is 37.0 Å².